The van der Waals surface area contributed by atoms with Gasteiger partial charge in [0.05, 0.1) is 0 Å². The number of allylic oxidation sites excluding steroid dienone is 3. The first-order valence-corrected chi connectivity index (χ1v) is 7.32. The molecule has 1 fully saturated rings. The maximum Gasteiger partial charge on any atom is 0.0366 e. The molecule has 1 aliphatic carbocycles. The highest BCUT2D eigenvalue weighted by Gasteiger charge is 2.13. The maximum absolute atomic E-state index is 5.76. The summed E-state index contributed by atoms with van der Waals surface area (Å²) in [4.78, 5) is 2.50. The van der Waals surface area contributed by atoms with Crippen LogP contribution >= 0.6 is 0 Å². The number of anilines is 1. The van der Waals surface area contributed by atoms with E-state index in [-0.39, 0.29) is 0 Å². The zero-order valence-electron chi connectivity index (χ0n) is 11.4. The van der Waals surface area contributed by atoms with Crippen molar-refractivity contribution in [1.82, 2.24) is 0 Å². The molecule has 1 aromatic carbocycles. The average Bonchev–Trinajstić information content (AvgIpc) is 2.49. The minimum Gasteiger partial charge on any atom is -0.399 e. The van der Waals surface area contributed by atoms with Crippen LogP contribution in [0.1, 0.15) is 37.2 Å². The maximum atomic E-state index is 5.76. The third-order valence-corrected chi connectivity index (χ3v) is 4.17. The van der Waals surface area contributed by atoms with Crippen LogP contribution in [0.3, 0.4) is 0 Å². The van der Waals surface area contributed by atoms with Gasteiger partial charge in [-0.25, -0.2) is 0 Å². The topological polar surface area (TPSA) is 29.3 Å². The van der Waals surface area contributed by atoms with Gasteiger partial charge in [-0.15, -0.1) is 0 Å². The predicted octanol–water partition coefficient (Wildman–Crippen LogP) is 3.56. The summed E-state index contributed by atoms with van der Waals surface area (Å²) in [6.07, 6.45) is 11.4. The van der Waals surface area contributed by atoms with Crippen molar-refractivity contribution < 1.29 is 0 Å². The lowest BCUT2D eigenvalue weighted by Crippen LogP contribution is -2.29. The Labute approximate surface area is 115 Å². The van der Waals surface area contributed by atoms with Gasteiger partial charge >= 0.3 is 0 Å². The minimum absolute atomic E-state index is 0.489. The zero-order chi connectivity index (χ0) is 13.1. The van der Waals surface area contributed by atoms with Gasteiger partial charge in [0, 0.05) is 30.4 Å². The summed E-state index contributed by atoms with van der Waals surface area (Å²) in [5, 5.41) is 0. The summed E-state index contributed by atoms with van der Waals surface area (Å²) >= 11 is 0. The largest absolute Gasteiger partial charge is 0.399 e. The van der Waals surface area contributed by atoms with Crippen molar-refractivity contribution in [2.75, 3.05) is 18.0 Å². The van der Waals surface area contributed by atoms with Gasteiger partial charge in [-0.3, -0.25) is 0 Å². The van der Waals surface area contributed by atoms with Crippen LogP contribution in [0.5, 0.6) is 0 Å². The highest BCUT2D eigenvalue weighted by atomic mass is 15.1. The van der Waals surface area contributed by atoms with E-state index in [9.17, 15) is 0 Å². The molecule has 2 aliphatic rings. The fourth-order valence-corrected chi connectivity index (χ4v) is 2.97. The van der Waals surface area contributed by atoms with Crippen LogP contribution in [0.15, 0.2) is 48.2 Å². The van der Waals surface area contributed by atoms with Crippen molar-refractivity contribution in [3.05, 3.63) is 53.8 Å². The van der Waals surface area contributed by atoms with Crippen LogP contribution in [0.2, 0.25) is 0 Å². The smallest absolute Gasteiger partial charge is 0.0366 e. The summed E-state index contributed by atoms with van der Waals surface area (Å²) in [6, 6.07) is 9.09. The Morgan fingerprint density at radius 2 is 1.74 bits per heavy atom. The van der Waals surface area contributed by atoms with Crippen LogP contribution in [0.4, 0.5) is 5.69 Å². The molecule has 1 unspecified atom stereocenters. The second-order valence-electron chi connectivity index (χ2n) is 5.54. The molecule has 19 heavy (non-hydrogen) atoms. The first-order chi connectivity index (χ1) is 9.33. The van der Waals surface area contributed by atoms with E-state index in [1.165, 1.54) is 43.6 Å². The Morgan fingerprint density at radius 3 is 2.37 bits per heavy atom. The lowest BCUT2D eigenvalue weighted by atomic mass is 9.91. The van der Waals surface area contributed by atoms with Crippen molar-refractivity contribution in [3.63, 3.8) is 0 Å². The molecular formula is C17H22N2. The molecule has 100 valence electrons. The molecule has 1 aliphatic heterocycles. The van der Waals surface area contributed by atoms with Gasteiger partial charge in [0.2, 0.25) is 0 Å². The number of rotatable bonds is 2. The van der Waals surface area contributed by atoms with Gasteiger partial charge in [0.25, 0.3) is 0 Å². The molecule has 0 saturated carbocycles. The second kappa shape index (κ2) is 5.52. The van der Waals surface area contributed by atoms with E-state index < -0.39 is 0 Å². The molecule has 0 spiro atoms. The first-order valence-electron chi connectivity index (χ1n) is 7.32. The SMILES string of the molecule is NC1=CCC(c2ccc(N3CCCCC3)cc2)C=C1. The van der Waals surface area contributed by atoms with Crippen LogP contribution in [0, 0.1) is 0 Å². The van der Waals surface area contributed by atoms with Crippen molar-refractivity contribution in [2.24, 2.45) is 5.73 Å². The molecule has 0 radical (unpaired) electrons. The Hall–Kier alpha value is -1.70. The molecule has 0 aromatic heterocycles. The number of piperidine rings is 1. The zero-order valence-corrected chi connectivity index (χ0v) is 11.4. The number of hydrogen-bond donors (Lipinski definition) is 1. The molecule has 1 heterocycles. The first kappa shape index (κ1) is 12.3. The van der Waals surface area contributed by atoms with Crippen molar-refractivity contribution in [2.45, 2.75) is 31.6 Å². The highest BCUT2D eigenvalue weighted by Crippen LogP contribution is 2.28. The molecule has 2 N–H and O–H groups in total. The Balaban J connectivity index is 1.70. The molecule has 1 aromatic rings. The molecule has 2 heteroatoms. The van der Waals surface area contributed by atoms with E-state index in [0.717, 1.165) is 12.1 Å². The number of nitrogens with two attached hydrogens (primary N) is 1. The summed E-state index contributed by atoms with van der Waals surface area (Å²) < 4.78 is 0. The van der Waals surface area contributed by atoms with Gasteiger partial charge in [0.1, 0.15) is 0 Å². The van der Waals surface area contributed by atoms with Gasteiger partial charge in [-0.05, 0) is 49.5 Å². The van der Waals surface area contributed by atoms with E-state index in [4.69, 9.17) is 5.73 Å². The normalized spacial score (nSPS) is 23.3. The fraction of sp³-hybridized carbons (Fsp3) is 0.412. The van der Waals surface area contributed by atoms with E-state index >= 15 is 0 Å². The van der Waals surface area contributed by atoms with Gasteiger partial charge < -0.3 is 10.6 Å². The third-order valence-electron chi connectivity index (χ3n) is 4.17. The van der Waals surface area contributed by atoms with E-state index in [1.54, 1.807) is 0 Å². The summed E-state index contributed by atoms with van der Waals surface area (Å²) in [7, 11) is 0. The van der Waals surface area contributed by atoms with Crippen LogP contribution in [-0.2, 0) is 0 Å². The van der Waals surface area contributed by atoms with E-state index in [2.05, 4.69) is 41.3 Å². The average molecular weight is 254 g/mol. The van der Waals surface area contributed by atoms with Crippen LogP contribution in [-0.4, -0.2) is 13.1 Å². The Kier molecular flexibility index (Phi) is 3.58. The molecule has 2 nitrogen and oxygen atoms in total. The lowest BCUT2D eigenvalue weighted by molar-refractivity contribution is 0.578. The highest BCUT2D eigenvalue weighted by molar-refractivity contribution is 5.49. The Bertz CT molecular complexity index is 478. The van der Waals surface area contributed by atoms with E-state index in [0.29, 0.717) is 5.92 Å². The van der Waals surface area contributed by atoms with Crippen LogP contribution in [0.25, 0.3) is 0 Å². The molecular weight excluding hydrogens is 232 g/mol. The van der Waals surface area contributed by atoms with Crippen molar-refractivity contribution >= 4 is 5.69 Å². The monoisotopic (exact) mass is 254 g/mol. The molecule has 0 bridgehead atoms. The third kappa shape index (κ3) is 2.83. The van der Waals surface area contributed by atoms with Crippen molar-refractivity contribution in [1.29, 1.82) is 0 Å². The molecule has 1 atom stereocenters. The predicted molar refractivity (Wildman–Crippen MR) is 81.3 cm³/mol. The summed E-state index contributed by atoms with van der Waals surface area (Å²) in [5.74, 6) is 0.489. The number of hydrogen-bond acceptors (Lipinski definition) is 2. The van der Waals surface area contributed by atoms with Crippen LogP contribution < -0.4 is 10.6 Å². The van der Waals surface area contributed by atoms with Gasteiger partial charge in [0.15, 0.2) is 0 Å². The minimum atomic E-state index is 0.489. The molecule has 1 saturated heterocycles. The van der Waals surface area contributed by atoms with E-state index in [1.807, 2.05) is 6.08 Å². The standard InChI is InChI=1S/C17H22N2/c18-16-8-4-14(5-9-16)15-6-10-17(11-7-15)19-12-2-1-3-13-19/h4,6-11,14H,1-3,5,12-13,18H2. The summed E-state index contributed by atoms with van der Waals surface area (Å²) in [5.41, 5.74) is 9.42. The van der Waals surface area contributed by atoms with Gasteiger partial charge in [-0.1, -0.05) is 24.3 Å². The quantitative estimate of drug-likeness (QED) is 0.874. The summed E-state index contributed by atoms with van der Waals surface area (Å²) in [6.45, 7) is 2.42. The fourth-order valence-electron chi connectivity index (χ4n) is 2.97. The second-order valence-corrected chi connectivity index (χ2v) is 5.54. The number of nitrogens with zero attached hydrogens (tertiary/aromatic N) is 1. The molecule has 0 amide bonds. The Morgan fingerprint density at radius 1 is 1.00 bits per heavy atom. The molecule has 3 rings (SSSR count). The lowest BCUT2D eigenvalue weighted by Gasteiger charge is -2.29. The van der Waals surface area contributed by atoms with Crippen molar-refractivity contribution in [3.8, 4) is 0 Å². The number of benzene rings is 1. The van der Waals surface area contributed by atoms with Gasteiger partial charge in [-0.2, -0.15) is 0 Å².